The number of rotatable bonds is 3. The first-order valence-electron chi connectivity index (χ1n) is 6.49. The number of nitrogens with zero attached hydrogens (tertiary/aromatic N) is 2. The van der Waals surface area contributed by atoms with E-state index >= 15 is 0 Å². The predicted molar refractivity (Wildman–Crippen MR) is 83.0 cm³/mol. The van der Waals surface area contributed by atoms with Crippen LogP contribution in [0.25, 0.3) is 0 Å². The Morgan fingerprint density at radius 1 is 1.30 bits per heavy atom. The number of carbonyl (C=O) groups excluding carboxylic acids is 1. The van der Waals surface area contributed by atoms with Gasteiger partial charge in [-0.3, -0.25) is 4.79 Å². The molecule has 1 aliphatic rings. The average Bonchev–Trinajstić information content (AvgIpc) is 2.45. The minimum absolute atomic E-state index is 0.178. The minimum Gasteiger partial charge on any atom is -0.294 e. The third-order valence-corrected chi connectivity index (χ3v) is 4.68. The molecule has 1 aromatic carbocycles. The maximum absolute atomic E-state index is 11.7. The van der Waals surface area contributed by atoms with Gasteiger partial charge < -0.3 is 0 Å². The highest BCUT2D eigenvalue weighted by molar-refractivity contribution is 9.10. The van der Waals surface area contributed by atoms with Gasteiger partial charge in [-0.1, -0.05) is 22.0 Å². The molecule has 102 valence electrons. The Morgan fingerprint density at radius 2 is 2.20 bits per heavy atom. The van der Waals surface area contributed by atoms with E-state index in [1.54, 1.807) is 18.0 Å². The van der Waals surface area contributed by atoms with Crippen LogP contribution in [0.3, 0.4) is 0 Å². The van der Waals surface area contributed by atoms with E-state index in [-0.39, 0.29) is 5.78 Å². The van der Waals surface area contributed by atoms with E-state index in [1.807, 2.05) is 12.1 Å². The Bertz CT molecular complexity index is 660. The number of hydrogen-bond acceptors (Lipinski definition) is 4. The fourth-order valence-corrected chi connectivity index (χ4v) is 3.58. The van der Waals surface area contributed by atoms with Crippen molar-refractivity contribution in [2.75, 3.05) is 0 Å². The third-order valence-electron chi connectivity index (χ3n) is 3.20. The Morgan fingerprint density at radius 3 is 3.05 bits per heavy atom. The van der Waals surface area contributed by atoms with Crippen LogP contribution in [0.4, 0.5) is 0 Å². The molecule has 0 radical (unpaired) electrons. The van der Waals surface area contributed by atoms with Crippen molar-refractivity contribution < 1.29 is 4.79 Å². The summed E-state index contributed by atoms with van der Waals surface area (Å²) in [6.45, 7) is 0. The van der Waals surface area contributed by atoms with Crippen LogP contribution in [0.2, 0.25) is 0 Å². The van der Waals surface area contributed by atoms with E-state index in [0.717, 1.165) is 34.6 Å². The number of aromatic nitrogens is 2. The maximum atomic E-state index is 11.7. The monoisotopic (exact) mass is 348 g/mol. The second kappa shape index (κ2) is 6.06. The average molecular weight is 349 g/mol. The molecule has 0 aliphatic heterocycles. The van der Waals surface area contributed by atoms with Crippen molar-refractivity contribution in [3.8, 4) is 0 Å². The summed E-state index contributed by atoms with van der Waals surface area (Å²) in [5.74, 6) is 1.69. The number of ketones is 1. The molecule has 0 fully saturated rings. The molecule has 0 amide bonds. The molecule has 0 unspecified atom stereocenters. The largest absolute Gasteiger partial charge is 0.294 e. The van der Waals surface area contributed by atoms with Crippen molar-refractivity contribution in [2.45, 2.75) is 29.9 Å². The lowest BCUT2D eigenvalue weighted by Crippen LogP contribution is -2.14. The van der Waals surface area contributed by atoms with Gasteiger partial charge in [0, 0.05) is 22.0 Å². The molecule has 0 bridgehead atoms. The van der Waals surface area contributed by atoms with Gasteiger partial charge in [-0.2, -0.15) is 0 Å². The van der Waals surface area contributed by atoms with Crippen LogP contribution in [0.15, 0.2) is 39.8 Å². The number of carbonyl (C=O) groups is 1. The van der Waals surface area contributed by atoms with Gasteiger partial charge in [-0.15, -0.1) is 11.8 Å². The van der Waals surface area contributed by atoms with Gasteiger partial charge in [-0.25, -0.2) is 9.97 Å². The standard InChI is InChI=1S/C15H13BrN2OS/c16-10-3-1-4-11(7-10)20-9-15-17-8-12-13(18-15)5-2-6-14(12)19/h1,3-4,7-8H,2,5-6,9H2. The Kier molecular flexibility index (Phi) is 4.17. The lowest BCUT2D eigenvalue weighted by Gasteiger charge is -2.13. The molecule has 0 atom stereocenters. The van der Waals surface area contributed by atoms with Crippen molar-refractivity contribution in [1.82, 2.24) is 9.97 Å². The maximum Gasteiger partial charge on any atom is 0.166 e. The van der Waals surface area contributed by atoms with E-state index in [9.17, 15) is 4.79 Å². The van der Waals surface area contributed by atoms with E-state index in [0.29, 0.717) is 12.0 Å². The zero-order valence-electron chi connectivity index (χ0n) is 10.8. The number of aryl methyl sites for hydroxylation is 1. The van der Waals surface area contributed by atoms with Crippen molar-refractivity contribution in [1.29, 1.82) is 0 Å². The normalized spacial score (nSPS) is 14.2. The van der Waals surface area contributed by atoms with E-state index < -0.39 is 0 Å². The van der Waals surface area contributed by atoms with Crippen LogP contribution in [0.1, 0.15) is 34.7 Å². The first kappa shape index (κ1) is 13.8. The number of benzene rings is 1. The predicted octanol–water partition coefficient (Wildman–Crippen LogP) is 4.05. The summed E-state index contributed by atoms with van der Waals surface area (Å²) in [5.41, 5.74) is 1.63. The van der Waals surface area contributed by atoms with Crippen LogP contribution in [0.5, 0.6) is 0 Å². The molecule has 3 nitrogen and oxygen atoms in total. The third kappa shape index (κ3) is 3.10. The molecule has 1 heterocycles. The van der Waals surface area contributed by atoms with Crippen molar-refractivity contribution >= 4 is 33.5 Å². The van der Waals surface area contributed by atoms with Gasteiger partial charge in [0.15, 0.2) is 5.78 Å². The first-order valence-corrected chi connectivity index (χ1v) is 8.26. The summed E-state index contributed by atoms with van der Waals surface area (Å²) in [5, 5.41) is 0. The van der Waals surface area contributed by atoms with E-state index in [4.69, 9.17) is 0 Å². The molecule has 20 heavy (non-hydrogen) atoms. The van der Waals surface area contributed by atoms with Crippen LogP contribution in [0, 0.1) is 0 Å². The molecule has 0 saturated carbocycles. The molecule has 5 heteroatoms. The smallest absolute Gasteiger partial charge is 0.166 e. The molecular weight excluding hydrogens is 336 g/mol. The van der Waals surface area contributed by atoms with Crippen LogP contribution < -0.4 is 0 Å². The number of fused-ring (bicyclic) bond motifs is 1. The van der Waals surface area contributed by atoms with Crippen LogP contribution >= 0.6 is 27.7 Å². The fraction of sp³-hybridized carbons (Fsp3) is 0.267. The van der Waals surface area contributed by atoms with Gasteiger partial charge in [0.25, 0.3) is 0 Å². The van der Waals surface area contributed by atoms with Crippen molar-refractivity contribution in [2.24, 2.45) is 0 Å². The zero-order chi connectivity index (χ0) is 13.9. The summed E-state index contributed by atoms with van der Waals surface area (Å²) in [6.07, 6.45) is 4.11. The lowest BCUT2D eigenvalue weighted by atomic mass is 9.96. The molecule has 0 saturated heterocycles. The van der Waals surface area contributed by atoms with Crippen molar-refractivity contribution in [3.63, 3.8) is 0 Å². The zero-order valence-corrected chi connectivity index (χ0v) is 13.2. The Labute approximate surface area is 130 Å². The van der Waals surface area contributed by atoms with Gasteiger partial charge in [0.05, 0.1) is 17.0 Å². The first-order chi connectivity index (χ1) is 9.72. The molecule has 1 aliphatic carbocycles. The highest BCUT2D eigenvalue weighted by Crippen LogP contribution is 2.25. The van der Waals surface area contributed by atoms with Gasteiger partial charge >= 0.3 is 0 Å². The molecule has 0 N–H and O–H groups in total. The summed E-state index contributed by atoms with van der Waals surface area (Å²) in [4.78, 5) is 21.8. The Hall–Kier alpha value is -1.20. The van der Waals surface area contributed by atoms with E-state index in [2.05, 4.69) is 38.0 Å². The highest BCUT2D eigenvalue weighted by Gasteiger charge is 2.19. The molecule has 3 rings (SSSR count). The summed E-state index contributed by atoms with van der Waals surface area (Å²) >= 11 is 5.16. The molecule has 2 aromatic rings. The summed E-state index contributed by atoms with van der Waals surface area (Å²) < 4.78 is 1.07. The highest BCUT2D eigenvalue weighted by atomic mass is 79.9. The topological polar surface area (TPSA) is 42.9 Å². The fourth-order valence-electron chi connectivity index (χ4n) is 2.21. The SMILES string of the molecule is O=C1CCCc2nc(CSc3cccc(Br)c3)ncc21. The molecule has 0 spiro atoms. The second-order valence-corrected chi connectivity index (χ2v) is 6.63. The van der Waals surface area contributed by atoms with Gasteiger partial charge in [-0.05, 0) is 31.0 Å². The Balaban J connectivity index is 1.74. The quantitative estimate of drug-likeness (QED) is 0.784. The van der Waals surface area contributed by atoms with Gasteiger partial charge in [0.1, 0.15) is 5.82 Å². The molecule has 1 aromatic heterocycles. The number of hydrogen-bond donors (Lipinski definition) is 0. The number of halogens is 1. The number of thioether (sulfide) groups is 1. The minimum atomic E-state index is 0.178. The lowest BCUT2D eigenvalue weighted by molar-refractivity contribution is 0.0971. The van der Waals surface area contributed by atoms with E-state index in [1.165, 1.54) is 4.90 Å². The van der Waals surface area contributed by atoms with Gasteiger partial charge in [0.2, 0.25) is 0 Å². The van der Waals surface area contributed by atoms with Crippen LogP contribution in [-0.4, -0.2) is 15.8 Å². The second-order valence-electron chi connectivity index (χ2n) is 4.67. The summed E-state index contributed by atoms with van der Waals surface area (Å²) in [6, 6.07) is 8.16. The van der Waals surface area contributed by atoms with Crippen LogP contribution in [-0.2, 0) is 12.2 Å². The molecular formula is C15H13BrN2OS. The number of Topliss-reactive ketones (excluding diaryl/α,β-unsaturated/α-hetero) is 1. The summed E-state index contributed by atoms with van der Waals surface area (Å²) in [7, 11) is 0. The van der Waals surface area contributed by atoms with Crippen molar-refractivity contribution in [3.05, 3.63) is 52.0 Å².